The van der Waals surface area contributed by atoms with Crippen LogP contribution in [-0.2, 0) is 16.6 Å². The first-order chi connectivity index (χ1) is 17.6. The van der Waals surface area contributed by atoms with Crippen LogP contribution < -0.4 is 4.90 Å². The largest absolute Gasteiger partial charge is 0.405 e. The maximum absolute atomic E-state index is 15.2. The van der Waals surface area contributed by atoms with E-state index in [-0.39, 0.29) is 18.4 Å². The van der Waals surface area contributed by atoms with E-state index < -0.39 is 39.9 Å². The summed E-state index contributed by atoms with van der Waals surface area (Å²) in [6, 6.07) is 10.7. The van der Waals surface area contributed by atoms with Crippen molar-refractivity contribution in [2.45, 2.75) is 42.9 Å². The van der Waals surface area contributed by atoms with E-state index in [1.807, 2.05) is 9.47 Å². The number of nitrogens with zero attached hydrogens (tertiary/aromatic N) is 5. The van der Waals surface area contributed by atoms with Gasteiger partial charge in [0.25, 0.3) is 0 Å². The first-order valence-electron chi connectivity index (χ1n) is 12.1. The van der Waals surface area contributed by atoms with Crippen molar-refractivity contribution in [2.75, 3.05) is 18.0 Å². The van der Waals surface area contributed by atoms with Crippen molar-refractivity contribution in [1.29, 1.82) is 0 Å². The summed E-state index contributed by atoms with van der Waals surface area (Å²) in [7, 11) is -4.40. The van der Waals surface area contributed by atoms with Gasteiger partial charge in [-0.25, -0.2) is 12.8 Å². The Kier molecular flexibility index (Phi) is 5.79. The maximum Gasteiger partial charge on any atom is 0.405 e. The molecular formula is C25H25F4N5O2S. The van der Waals surface area contributed by atoms with Crippen LogP contribution in [0.1, 0.15) is 35.3 Å². The zero-order valence-electron chi connectivity index (χ0n) is 19.7. The van der Waals surface area contributed by atoms with E-state index in [4.69, 9.17) is 0 Å². The van der Waals surface area contributed by atoms with Gasteiger partial charge in [-0.2, -0.15) is 17.5 Å². The molecular weight excluding hydrogens is 510 g/mol. The highest BCUT2D eigenvalue weighted by Crippen LogP contribution is 2.55. The Bertz CT molecular complexity index is 1370. The fourth-order valence-corrected chi connectivity index (χ4v) is 8.18. The Morgan fingerprint density at radius 1 is 0.946 bits per heavy atom. The molecule has 1 aliphatic carbocycles. The highest BCUT2D eigenvalue weighted by molar-refractivity contribution is 7.89. The Morgan fingerprint density at radius 3 is 2.24 bits per heavy atom. The van der Waals surface area contributed by atoms with Crippen molar-refractivity contribution in [2.24, 2.45) is 11.8 Å². The summed E-state index contributed by atoms with van der Waals surface area (Å²) in [5.41, 5.74) is 0.982. The average molecular weight is 536 g/mol. The first kappa shape index (κ1) is 24.4. The molecule has 1 aromatic heterocycles. The van der Waals surface area contributed by atoms with Gasteiger partial charge in [-0.05, 0) is 30.5 Å². The predicted octanol–water partition coefficient (Wildman–Crippen LogP) is 4.32. The molecule has 2 aliphatic heterocycles. The number of hydrogen-bond acceptors (Lipinski definition) is 5. The zero-order chi connectivity index (χ0) is 25.9. The minimum Gasteiger partial charge on any atom is -0.371 e. The Hall–Kier alpha value is -2.99. The van der Waals surface area contributed by atoms with Crippen LogP contribution in [0, 0.1) is 17.7 Å². The Balaban J connectivity index is 1.22. The standard InChI is InChI=1S/C25H25F4N5O2S/c26-21-10-18(32-12-19-20(13-32)24(19)33-14-30-31-15-33)7-6-17(21)11-34-23(25(27,28)29)9-8-22(37(34,35)36)16-4-2-1-3-5-16/h1-7,10,14-15,19-20,22-24H,8-9,11-13H2/t19-,20+,22-,23?,24+/m0/s1. The highest BCUT2D eigenvalue weighted by atomic mass is 32.2. The van der Waals surface area contributed by atoms with Crippen LogP contribution in [-0.4, -0.2) is 52.8 Å². The zero-order valence-corrected chi connectivity index (χ0v) is 20.5. The number of halogens is 4. The minimum absolute atomic E-state index is 0.0815. The Morgan fingerprint density at radius 2 is 1.62 bits per heavy atom. The number of anilines is 1. The van der Waals surface area contributed by atoms with E-state index in [9.17, 15) is 21.6 Å². The van der Waals surface area contributed by atoms with Gasteiger partial charge in [0, 0.05) is 48.8 Å². The molecule has 196 valence electrons. The molecule has 2 saturated heterocycles. The molecule has 2 aromatic carbocycles. The molecule has 0 spiro atoms. The van der Waals surface area contributed by atoms with Gasteiger partial charge in [-0.15, -0.1) is 10.2 Å². The maximum atomic E-state index is 15.2. The summed E-state index contributed by atoms with van der Waals surface area (Å²) in [5, 5.41) is 6.58. The molecule has 0 N–H and O–H groups in total. The van der Waals surface area contributed by atoms with Crippen LogP contribution in [0.2, 0.25) is 0 Å². The molecule has 37 heavy (non-hydrogen) atoms. The fraction of sp³-hybridized carbons (Fsp3) is 0.440. The van der Waals surface area contributed by atoms with Crippen molar-refractivity contribution in [3.05, 3.63) is 78.1 Å². The molecule has 5 atom stereocenters. The third-order valence-electron chi connectivity index (χ3n) is 7.94. The molecule has 7 nitrogen and oxygen atoms in total. The summed E-state index contributed by atoms with van der Waals surface area (Å²) in [4.78, 5) is 2.05. The quantitative estimate of drug-likeness (QED) is 0.455. The molecule has 3 heterocycles. The number of fused-ring (bicyclic) bond motifs is 1. The van der Waals surface area contributed by atoms with Crippen LogP contribution in [0.15, 0.2) is 61.2 Å². The van der Waals surface area contributed by atoms with E-state index in [1.165, 1.54) is 12.1 Å². The van der Waals surface area contributed by atoms with E-state index >= 15 is 4.39 Å². The summed E-state index contributed by atoms with van der Waals surface area (Å²) in [6.45, 7) is 0.770. The number of piperidine rings is 1. The lowest BCUT2D eigenvalue weighted by atomic mass is 10.0. The SMILES string of the molecule is O=S1(=O)[C@H](c2ccccc2)CCC(C(F)(F)F)N1Cc1ccc(N2C[C@@H]3[C@H](C2)[C@H]3n2cnnc2)cc1F. The lowest BCUT2D eigenvalue weighted by Gasteiger charge is -2.39. The van der Waals surface area contributed by atoms with Gasteiger partial charge >= 0.3 is 6.18 Å². The second-order valence-corrected chi connectivity index (χ2v) is 12.1. The molecule has 1 unspecified atom stereocenters. The van der Waals surface area contributed by atoms with E-state index in [2.05, 4.69) is 10.2 Å². The molecule has 6 rings (SSSR count). The average Bonchev–Trinajstić information content (AvgIpc) is 3.23. The van der Waals surface area contributed by atoms with Gasteiger partial charge in [0.2, 0.25) is 10.0 Å². The predicted molar refractivity (Wildman–Crippen MR) is 127 cm³/mol. The van der Waals surface area contributed by atoms with Gasteiger partial charge in [-0.3, -0.25) is 0 Å². The van der Waals surface area contributed by atoms with Crippen LogP contribution in [0.25, 0.3) is 0 Å². The number of sulfonamides is 1. The normalized spacial score (nSPS) is 29.3. The molecule has 0 amide bonds. The number of alkyl halides is 3. The first-order valence-corrected chi connectivity index (χ1v) is 13.6. The Labute approximate surface area is 211 Å². The van der Waals surface area contributed by atoms with Crippen LogP contribution >= 0.6 is 0 Å². The van der Waals surface area contributed by atoms with E-state index in [0.717, 1.165) is 13.1 Å². The summed E-state index contributed by atoms with van der Waals surface area (Å²) in [5.74, 6) is 0.0887. The second kappa shape index (κ2) is 8.80. The minimum atomic E-state index is -4.76. The summed E-state index contributed by atoms with van der Waals surface area (Å²) in [6.07, 6.45) is -1.92. The van der Waals surface area contributed by atoms with E-state index in [0.29, 0.717) is 33.4 Å². The highest BCUT2D eigenvalue weighted by Gasteiger charge is 2.57. The summed E-state index contributed by atoms with van der Waals surface area (Å²) < 4.78 is 86.2. The monoisotopic (exact) mass is 535 g/mol. The smallest absolute Gasteiger partial charge is 0.371 e. The van der Waals surface area contributed by atoms with Crippen LogP contribution in [0.4, 0.5) is 23.2 Å². The molecule has 0 radical (unpaired) electrons. The van der Waals surface area contributed by atoms with Gasteiger partial charge < -0.3 is 9.47 Å². The number of benzene rings is 2. The van der Waals surface area contributed by atoms with Crippen LogP contribution in [0.3, 0.4) is 0 Å². The molecule has 3 aromatic rings. The molecule has 1 saturated carbocycles. The molecule has 3 aliphatic rings. The third-order valence-corrected chi connectivity index (χ3v) is 10.2. The third kappa shape index (κ3) is 4.29. The van der Waals surface area contributed by atoms with E-state index in [1.54, 1.807) is 49.1 Å². The summed E-state index contributed by atoms with van der Waals surface area (Å²) >= 11 is 0. The lowest BCUT2D eigenvalue weighted by molar-refractivity contribution is -0.176. The fourth-order valence-electron chi connectivity index (χ4n) is 6.02. The topological polar surface area (TPSA) is 71.3 Å². The van der Waals surface area contributed by atoms with Crippen molar-refractivity contribution >= 4 is 15.7 Å². The van der Waals surface area contributed by atoms with Crippen LogP contribution in [0.5, 0.6) is 0 Å². The number of aromatic nitrogens is 3. The molecule has 3 fully saturated rings. The second-order valence-electron chi connectivity index (χ2n) is 10.0. The van der Waals surface area contributed by atoms with Crippen molar-refractivity contribution in [1.82, 2.24) is 19.1 Å². The van der Waals surface area contributed by atoms with Crippen molar-refractivity contribution < 1.29 is 26.0 Å². The molecule has 0 bridgehead atoms. The van der Waals surface area contributed by atoms with Crippen molar-refractivity contribution in [3.8, 4) is 0 Å². The van der Waals surface area contributed by atoms with Crippen molar-refractivity contribution in [3.63, 3.8) is 0 Å². The van der Waals surface area contributed by atoms with Gasteiger partial charge in [0.1, 0.15) is 29.8 Å². The van der Waals surface area contributed by atoms with Gasteiger partial charge in [-0.1, -0.05) is 36.4 Å². The molecule has 12 heteroatoms. The van der Waals surface area contributed by atoms with Gasteiger partial charge in [0.05, 0.1) is 0 Å². The van der Waals surface area contributed by atoms with Gasteiger partial charge in [0.15, 0.2) is 0 Å². The number of hydrogen-bond donors (Lipinski definition) is 0. The number of rotatable bonds is 5. The lowest BCUT2D eigenvalue weighted by Crippen LogP contribution is -2.52.